The number of nitrogens with zero attached hydrogens (tertiary/aromatic N) is 2. The molecule has 30 heavy (non-hydrogen) atoms. The Labute approximate surface area is 178 Å². The Morgan fingerprint density at radius 3 is 2.27 bits per heavy atom. The van der Waals surface area contributed by atoms with Crippen molar-refractivity contribution in [1.29, 1.82) is 0 Å². The third-order valence-corrected chi connectivity index (χ3v) is 7.97. The third kappa shape index (κ3) is 3.11. The molecule has 1 aromatic rings. The molecule has 0 aromatic heterocycles. The number of carbonyl (C=O) groups excluding carboxylic acids is 2. The van der Waals surface area contributed by atoms with Crippen LogP contribution in [0.2, 0.25) is 0 Å². The summed E-state index contributed by atoms with van der Waals surface area (Å²) in [7, 11) is 0. The van der Waals surface area contributed by atoms with Crippen LogP contribution in [0.3, 0.4) is 0 Å². The first-order valence-electron chi connectivity index (χ1n) is 11.7. The molecule has 0 bridgehead atoms. The number of likely N-dealkylation sites (tertiary alicyclic amines) is 2. The van der Waals surface area contributed by atoms with Crippen molar-refractivity contribution >= 4 is 11.9 Å². The number of aliphatic hydroxyl groups is 1. The topological polar surface area (TPSA) is 72.9 Å². The van der Waals surface area contributed by atoms with E-state index in [9.17, 15) is 14.7 Å². The highest BCUT2D eigenvalue weighted by atomic mass is 16.3. The molecule has 1 aromatic carbocycles. The van der Waals surface area contributed by atoms with Gasteiger partial charge in [0.25, 0.3) is 0 Å². The smallest absolute Gasteiger partial charge is 0.318 e. The Bertz CT molecular complexity index is 780. The van der Waals surface area contributed by atoms with E-state index in [-0.39, 0.29) is 42.5 Å². The molecule has 2 aliphatic carbocycles. The van der Waals surface area contributed by atoms with E-state index < -0.39 is 5.54 Å². The first-order valence-corrected chi connectivity index (χ1v) is 11.7. The maximum atomic E-state index is 13.3. The minimum Gasteiger partial charge on any atom is -0.394 e. The van der Waals surface area contributed by atoms with Crippen LogP contribution in [0.1, 0.15) is 62.8 Å². The molecule has 5 rings (SSSR count). The van der Waals surface area contributed by atoms with Crippen LogP contribution in [0.25, 0.3) is 0 Å². The van der Waals surface area contributed by atoms with Gasteiger partial charge in [0.1, 0.15) is 0 Å². The Hall–Kier alpha value is -2.08. The van der Waals surface area contributed by atoms with Crippen molar-refractivity contribution < 1.29 is 14.7 Å². The molecule has 6 nitrogen and oxygen atoms in total. The molecule has 4 aliphatic rings. The predicted octanol–water partition coefficient (Wildman–Crippen LogP) is 2.87. The highest BCUT2D eigenvalue weighted by Crippen LogP contribution is 2.54. The quantitative estimate of drug-likeness (QED) is 0.800. The average Bonchev–Trinajstić information content (AvgIpc) is 3.41. The van der Waals surface area contributed by atoms with Crippen LogP contribution in [0.4, 0.5) is 4.79 Å². The van der Waals surface area contributed by atoms with Crippen LogP contribution >= 0.6 is 0 Å². The van der Waals surface area contributed by atoms with Crippen molar-refractivity contribution in [3.05, 3.63) is 35.9 Å². The highest BCUT2D eigenvalue weighted by Gasteiger charge is 2.68. The van der Waals surface area contributed by atoms with Crippen molar-refractivity contribution in [1.82, 2.24) is 15.1 Å². The lowest BCUT2D eigenvalue weighted by atomic mass is 9.60. The Balaban J connectivity index is 1.38. The van der Waals surface area contributed by atoms with Crippen molar-refractivity contribution in [2.45, 2.75) is 74.9 Å². The first-order chi connectivity index (χ1) is 14.6. The maximum Gasteiger partial charge on any atom is 0.318 e. The van der Waals surface area contributed by atoms with Crippen molar-refractivity contribution in [3.8, 4) is 0 Å². The molecular formula is C24H33N3O3. The maximum absolute atomic E-state index is 13.3. The van der Waals surface area contributed by atoms with Crippen molar-refractivity contribution in [3.63, 3.8) is 0 Å². The molecule has 0 unspecified atom stereocenters. The number of nitrogens with one attached hydrogen (secondary N) is 1. The van der Waals surface area contributed by atoms with E-state index in [4.69, 9.17) is 0 Å². The Morgan fingerprint density at radius 2 is 1.63 bits per heavy atom. The molecular weight excluding hydrogens is 378 g/mol. The third-order valence-electron chi connectivity index (χ3n) is 7.97. The van der Waals surface area contributed by atoms with E-state index in [2.05, 4.69) is 17.4 Å². The number of aliphatic hydroxyl groups excluding tert-OH is 1. The molecule has 2 saturated carbocycles. The lowest BCUT2D eigenvalue weighted by Gasteiger charge is -2.70. The van der Waals surface area contributed by atoms with Crippen LogP contribution in [0.15, 0.2) is 30.3 Å². The summed E-state index contributed by atoms with van der Waals surface area (Å²) in [6.45, 7) is 1.10. The van der Waals surface area contributed by atoms with Crippen LogP contribution in [0, 0.1) is 5.92 Å². The lowest BCUT2D eigenvalue weighted by molar-refractivity contribution is -0.180. The number of rotatable bonds is 4. The first kappa shape index (κ1) is 19.9. The zero-order valence-corrected chi connectivity index (χ0v) is 17.6. The Morgan fingerprint density at radius 1 is 1.00 bits per heavy atom. The summed E-state index contributed by atoms with van der Waals surface area (Å²) < 4.78 is 0. The number of hydrogen-bond donors (Lipinski definition) is 2. The number of urea groups is 1. The van der Waals surface area contributed by atoms with Gasteiger partial charge in [-0.2, -0.15) is 0 Å². The zero-order chi connectivity index (χ0) is 20.7. The van der Waals surface area contributed by atoms with Gasteiger partial charge in [-0.15, -0.1) is 0 Å². The van der Waals surface area contributed by atoms with Gasteiger partial charge in [-0.05, 0) is 31.2 Å². The average molecular weight is 412 g/mol. The SMILES string of the molecule is O=C(C1CCCC1)N1CC2(C1)[C@H](c1ccccc1)[C@@H](CO)N2C(=O)NC1CCCC1. The van der Waals surface area contributed by atoms with Crippen molar-refractivity contribution in [2.75, 3.05) is 19.7 Å². The van der Waals surface area contributed by atoms with E-state index >= 15 is 0 Å². The molecule has 2 heterocycles. The summed E-state index contributed by atoms with van der Waals surface area (Å²) in [5.74, 6) is 0.478. The van der Waals surface area contributed by atoms with Gasteiger partial charge in [-0.1, -0.05) is 56.0 Å². The highest BCUT2D eigenvalue weighted by molar-refractivity contribution is 5.83. The minimum atomic E-state index is -0.397. The normalized spacial score (nSPS) is 28.4. The fourth-order valence-corrected chi connectivity index (χ4v) is 6.50. The zero-order valence-electron chi connectivity index (χ0n) is 17.6. The molecule has 2 aliphatic heterocycles. The summed E-state index contributed by atoms with van der Waals surface area (Å²) in [5, 5.41) is 13.4. The summed E-state index contributed by atoms with van der Waals surface area (Å²) in [6, 6.07) is 10.1. The van der Waals surface area contributed by atoms with Crippen LogP contribution in [-0.4, -0.2) is 64.2 Å². The van der Waals surface area contributed by atoms with Crippen LogP contribution in [-0.2, 0) is 4.79 Å². The van der Waals surface area contributed by atoms with Crippen LogP contribution in [0.5, 0.6) is 0 Å². The van der Waals surface area contributed by atoms with Gasteiger partial charge in [-0.25, -0.2) is 4.79 Å². The van der Waals surface area contributed by atoms with E-state index in [0.29, 0.717) is 13.1 Å². The summed E-state index contributed by atoms with van der Waals surface area (Å²) in [6.07, 6.45) is 8.67. The van der Waals surface area contributed by atoms with E-state index in [0.717, 1.165) is 56.9 Å². The van der Waals surface area contributed by atoms with Gasteiger partial charge in [0.15, 0.2) is 0 Å². The summed E-state index contributed by atoms with van der Waals surface area (Å²) >= 11 is 0. The molecule has 6 heteroatoms. The molecule has 162 valence electrons. The number of benzene rings is 1. The second-order valence-electron chi connectivity index (χ2n) is 9.72. The monoisotopic (exact) mass is 411 g/mol. The number of carbonyl (C=O) groups is 2. The number of hydrogen-bond acceptors (Lipinski definition) is 3. The standard InChI is InChI=1S/C24H33N3O3/c28-14-20-21(17-8-2-1-3-9-17)24(27(20)23(30)25-19-12-6-7-13-19)15-26(16-24)22(29)18-10-4-5-11-18/h1-3,8-9,18-21,28H,4-7,10-16H2,(H,25,30)/t20-,21-/m1/s1. The van der Waals surface area contributed by atoms with Gasteiger partial charge >= 0.3 is 6.03 Å². The molecule has 0 radical (unpaired) electrons. The Kier molecular flexibility index (Phi) is 5.21. The number of amides is 3. The van der Waals surface area contributed by atoms with Gasteiger partial charge in [-0.3, -0.25) is 4.79 Å². The fraction of sp³-hybridized carbons (Fsp3) is 0.667. The minimum absolute atomic E-state index is 0.0596. The van der Waals surface area contributed by atoms with Gasteiger partial charge < -0.3 is 20.2 Å². The molecule has 2 N–H and O–H groups in total. The van der Waals surface area contributed by atoms with Gasteiger partial charge in [0.05, 0.1) is 18.2 Å². The van der Waals surface area contributed by atoms with Gasteiger partial charge in [0, 0.05) is 31.0 Å². The van der Waals surface area contributed by atoms with Gasteiger partial charge in [0.2, 0.25) is 5.91 Å². The molecule has 3 amide bonds. The van der Waals surface area contributed by atoms with Crippen molar-refractivity contribution in [2.24, 2.45) is 5.92 Å². The van der Waals surface area contributed by atoms with E-state index in [1.807, 2.05) is 28.0 Å². The lowest BCUT2D eigenvalue weighted by Crippen LogP contribution is -2.87. The van der Waals surface area contributed by atoms with E-state index in [1.54, 1.807) is 0 Å². The molecule has 2 saturated heterocycles. The second kappa shape index (κ2) is 7.88. The largest absolute Gasteiger partial charge is 0.394 e. The molecule has 2 atom stereocenters. The van der Waals surface area contributed by atoms with E-state index in [1.165, 1.54) is 0 Å². The second-order valence-corrected chi connectivity index (χ2v) is 9.72. The molecule has 4 fully saturated rings. The molecule has 1 spiro atoms. The van der Waals surface area contributed by atoms with Crippen LogP contribution < -0.4 is 5.32 Å². The summed E-state index contributed by atoms with van der Waals surface area (Å²) in [5.41, 5.74) is 0.751. The predicted molar refractivity (Wildman–Crippen MR) is 114 cm³/mol. The fourth-order valence-electron chi connectivity index (χ4n) is 6.50. The summed E-state index contributed by atoms with van der Waals surface area (Å²) in [4.78, 5) is 30.1.